The lowest BCUT2D eigenvalue weighted by molar-refractivity contribution is -0.131. The van der Waals surface area contributed by atoms with Gasteiger partial charge in [0, 0.05) is 19.2 Å². The molecule has 1 saturated heterocycles. The summed E-state index contributed by atoms with van der Waals surface area (Å²) in [4.78, 5) is 36.8. The van der Waals surface area contributed by atoms with E-state index >= 15 is 0 Å². The summed E-state index contributed by atoms with van der Waals surface area (Å²) >= 11 is 0. The summed E-state index contributed by atoms with van der Waals surface area (Å²) in [5.74, 6) is -1.39. The molecule has 108 valence electrons. The molecule has 1 amide bonds. The number of carbonyl (C=O) groups excluding carboxylic acids is 1. The van der Waals surface area contributed by atoms with Crippen molar-refractivity contribution >= 4 is 11.9 Å². The maximum Gasteiger partial charge on any atom is 0.352 e. The monoisotopic (exact) mass is 278 g/mol. The van der Waals surface area contributed by atoms with Crippen molar-refractivity contribution in [2.75, 3.05) is 13.1 Å². The van der Waals surface area contributed by atoms with Gasteiger partial charge < -0.3 is 10.0 Å². The first-order valence-corrected chi connectivity index (χ1v) is 6.80. The number of pyridine rings is 1. The van der Waals surface area contributed by atoms with E-state index in [9.17, 15) is 14.4 Å². The van der Waals surface area contributed by atoms with Crippen LogP contribution in [0.5, 0.6) is 0 Å². The first kappa shape index (κ1) is 14.3. The van der Waals surface area contributed by atoms with Crippen molar-refractivity contribution in [3.05, 3.63) is 34.2 Å². The quantitative estimate of drug-likeness (QED) is 0.892. The van der Waals surface area contributed by atoms with E-state index in [1.54, 1.807) is 4.90 Å². The fourth-order valence-electron chi connectivity index (χ4n) is 2.43. The molecule has 0 atom stereocenters. The third-order valence-corrected chi connectivity index (χ3v) is 3.52. The number of carbonyl (C=O) groups is 2. The summed E-state index contributed by atoms with van der Waals surface area (Å²) in [5.41, 5.74) is -0.617. The van der Waals surface area contributed by atoms with Crippen molar-refractivity contribution in [3.8, 4) is 0 Å². The van der Waals surface area contributed by atoms with Gasteiger partial charge in [-0.1, -0.05) is 18.9 Å². The van der Waals surface area contributed by atoms with Gasteiger partial charge in [-0.25, -0.2) is 4.79 Å². The fourth-order valence-corrected chi connectivity index (χ4v) is 2.43. The largest absolute Gasteiger partial charge is 0.477 e. The second kappa shape index (κ2) is 6.36. The van der Waals surface area contributed by atoms with Crippen molar-refractivity contribution < 1.29 is 14.7 Å². The van der Waals surface area contributed by atoms with Crippen LogP contribution in [0.2, 0.25) is 0 Å². The summed E-state index contributed by atoms with van der Waals surface area (Å²) in [6, 6.07) is 3.99. The van der Waals surface area contributed by atoms with Crippen molar-refractivity contribution in [2.45, 2.75) is 32.2 Å². The zero-order valence-corrected chi connectivity index (χ0v) is 11.2. The molecule has 0 spiro atoms. The van der Waals surface area contributed by atoms with Gasteiger partial charge in [-0.3, -0.25) is 14.2 Å². The highest BCUT2D eigenvalue weighted by atomic mass is 16.4. The van der Waals surface area contributed by atoms with Gasteiger partial charge in [0.15, 0.2) is 0 Å². The Hall–Kier alpha value is -2.11. The third kappa shape index (κ3) is 3.26. The summed E-state index contributed by atoms with van der Waals surface area (Å²) in [7, 11) is 0. The molecular weight excluding hydrogens is 260 g/mol. The Morgan fingerprint density at radius 1 is 1.10 bits per heavy atom. The molecule has 20 heavy (non-hydrogen) atoms. The number of hydrogen-bond donors (Lipinski definition) is 1. The van der Waals surface area contributed by atoms with E-state index in [0.29, 0.717) is 13.1 Å². The standard InChI is InChI=1S/C14H18N2O4/c17-12-7-5-6-11(14(19)20)16(12)10-13(18)15-8-3-1-2-4-9-15/h5-7H,1-4,8-10H2,(H,19,20). The first-order chi connectivity index (χ1) is 9.59. The minimum absolute atomic E-state index is 0.152. The Labute approximate surface area is 116 Å². The molecule has 0 radical (unpaired) electrons. The number of likely N-dealkylation sites (tertiary alicyclic amines) is 1. The summed E-state index contributed by atoms with van der Waals surface area (Å²) in [6.45, 7) is 1.16. The maximum absolute atomic E-state index is 12.2. The first-order valence-electron chi connectivity index (χ1n) is 6.80. The molecule has 0 saturated carbocycles. The highest BCUT2D eigenvalue weighted by Crippen LogP contribution is 2.10. The topological polar surface area (TPSA) is 79.6 Å². The number of carboxylic acids is 1. The Bertz CT molecular complexity index is 557. The van der Waals surface area contributed by atoms with Crippen LogP contribution in [0.1, 0.15) is 36.2 Å². The van der Waals surface area contributed by atoms with Crippen molar-refractivity contribution in [3.63, 3.8) is 0 Å². The average molecular weight is 278 g/mol. The number of rotatable bonds is 3. The van der Waals surface area contributed by atoms with E-state index in [1.807, 2.05) is 0 Å². The second-order valence-corrected chi connectivity index (χ2v) is 4.94. The molecule has 2 heterocycles. The number of hydrogen-bond acceptors (Lipinski definition) is 3. The van der Waals surface area contributed by atoms with Crippen LogP contribution in [0.4, 0.5) is 0 Å². The van der Waals surface area contributed by atoms with E-state index in [0.717, 1.165) is 30.3 Å². The summed E-state index contributed by atoms with van der Waals surface area (Å²) < 4.78 is 1.02. The molecule has 1 fully saturated rings. The number of nitrogens with zero attached hydrogens (tertiary/aromatic N) is 2. The number of amides is 1. The van der Waals surface area contributed by atoms with Crippen LogP contribution < -0.4 is 5.56 Å². The smallest absolute Gasteiger partial charge is 0.352 e. The molecule has 2 rings (SSSR count). The zero-order chi connectivity index (χ0) is 14.5. The van der Waals surface area contributed by atoms with Crippen LogP contribution >= 0.6 is 0 Å². The Kier molecular flexibility index (Phi) is 4.55. The number of carboxylic acid groups (broad SMARTS) is 1. The minimum Gasteiger partial charge on any atom is -0.477 e. The lowest BCUT2D eigenvalue weighted by atomic mass is 10.2. The zero-order valence-electron chi connectivity index (χ0n) is 11.2. The van der Waals surface area contributed by atoms with Crippen molar-refractivity contribution in [1.29, 1.82) is 0 Å². The number of aromatic carboxylic acids is 1. The molecule has 0 unspecified atom stereocenters. The van der Waals surface area contributed by atoms with Crippen LogP contribution in [0, 0.1) is 0 Å². The summed E-state index contributed by atoms with van der Waals surface area (Å²) in [5, 5.41) is 9.07. The third-order valence-electron chi connectivity index (χ3n) is 3.52. The van der Waals surface area contributed by atoms with Crippen LogP contribution in [0.25, 0.3) is 0 Å². The number of aromatic nitrogens is 1. The lowest BCUT2D eigenvalue weighted by Gasteiger charge is -2.21. The van der Waals surface area contributed by atoms with Crippen molar-refractivity contribution in [2.24, 2.45) is 0 Å². The molecule has 0 bridgehead atoms. The molecular formula is C14H18N2O4. The SMILES string of the molecule is O=C(O)c1cccc(=O)n1CC(=O)N1CCCCCC1. The molecule has 1 aromatic heterocycles. The lowest BCUT2D eigenvalue weighted by Crippen LogP contribution is -2.38. The van der Waals surface area contributed by atoms with E-state index in [2.05, 4.69) is 0 Å². The van der Waals surface area contributed by atoms with Gasteiger partial charge in [-0.2, -0.15) is 0 Å². The highest BCUT2D eigenvalue weighted by Gasteiger charge is 2.19. The van der Waals surface area contributed by atoms with Crippen LogP contribution in [0.3, 0.4) is 0 Å². The normalized spacial score (nSPS) is 15.7. The van der Waals surface area contributed by atoms with E-state index in [1.165, 1.54) is 18.2 Å². The fraction of sp³-hybridized carbons (Fsp3) is 0.500. The Balaban J connectivity index is 2.18. The minimum atomic E-state index is -1.20. The molecule has 1 aromatic rings. The van der Waals surface area contributed by atoms with Gasteiger partial charge in [0.05, 0.1) is 0 Å². The molecule has 1 aliphatic heterocycles. The van der Waals surface area contributed by atoms with Gasteiger partial charge in [-0.15, -0.1) is 0 Å². The van der Waals surface area contributed by atoms with Crippen LogP contribution in [0.15, 0.2) is 23.0 Å². The Morgan fingerprint density at radius 3 is 2.35 bits per heavy atom. The predicted octanol–water partition coefficient (Wildman–Crippen LogP) is 0.949. The van der Waals surface area contributed by atoms with Gasteiger partial charge in [-0.05, 0) is 18.9 Å². The second-order valence-electron chi connectivity index (χ2n) is 4.94. The van der Waals surface area contributed by atoms with E-state index in [4.69, 9.17) is 5.11 Å². The van der Waals surface area contributed by atoms with E-state index < -0.39 is 11.5 Å². The molecule has 0 aliphatic carbocycles. The van der Waals surface area contributed by atoms with E-state index in [-0.39, 0.29) is 18.1 Å². The van der Waals surface area contributed by atoms with Gasteiger partial charge in [0.2, 0.25) is 5.91 Å². The maximum atomic E-state index is 12.2. The molecule has 1 aliphatic rings. The summed E-state index contributed by atoms with van der Waals surface area (Å²) in [6.07, 6.45) is 4.13. The van der Waals surface area contributed by atoms with Gasteiger partial charge in [0.1, 0.15) is 12.2 Å². The van der Waals surface area contributed by atoms with Crippen molar-refractivity contribution in [1.82, 2.24) is 9.47 Å². The molecule has 1 N–H and O–H groups in total. The average Bonchev–Trinajstić information content (AvgIpc) is 2.69. The van der Waals surface area contributed by atoms with Gasteiger partial charge in [0.25, 0.3) is 5.56 Å². The molecule has 6 heteroatoms. The van der Waals surface area contributed by atoms with Gasteiger partial charge >= 0.3 is 5.97 Å². The molecule has 6 nitrogen and oxygen atoms in total. The predicted molar refractivity (Wildman–Crippen MR) is 72.7 cm³/mol. The molecule has 0 aromatic carbocycles. The van der Waals surface area contributed by atoms with Crippen LogP contribution in [-0.2, 0) is 11.3 Å². The van der Waals surface area contributed by atoms with Crippen LogP contribution in [-0.4, -0.2) is 39.5 Å². The Morgan fingerprint density at radius 2 is 1.75 bits per heavy atom. The highest BCUT2D eigenvalue weighted by molar-refractivity contribution is 5.86.